The minimum absolute atomic E-state index is 0.377. The van der Waals surface area contributed by atoms with E-state index in [9.17, 15) is 13.0 Å². The standard InChI is InChI=1S/C6H15O4PS/c1-6(2)10-12(8,9)5-11(3,4)7/h6H,5H2,1-4H3. The van der Waals surface area contributed by atoms with Crippen LogP contribution in [-0.4, -0.2) is 33.3 Å². The highest BCUT2D eigenvalue weighted by molar-refractivity contribution is 7.95. The van der Waals surface area contributed by atoms with Gasteiger partial charge in [-0.3, -0.25) is 4.18 Å². The van der Waals surface area contributed by atoms with Crippen molar-refractivity contribution in [3.8, 4) is 0 Å². The van der Waals surface area contributed by atoms with Gasteiger partial charge in [-0.2, -0.15) is 8.42 Å². The molecule has 0 saturated carbocycles. The summed E-state index contributed by atoms with van der Waals surface area (Å²) >= 11 is 0. The second-order valence-corrected chi connectivity index (χ2v) is 8.89. The van der Waals surface area contributed by atoms with Crippen LogP contribution >= 0.6 is 7.14 Å². The van der Waals surface area contributed by atoms with Gasteiger partial charge in [-0.15, -0.1) is 0 Å². The van der Waals surface area contributed by atoms with Crippen LogP contribution in [0.3, 0.4) is 0 Å². The zero-order chi connectivity index (χ0) is 9.99. The van der Waals surface area contributed by atoms with E-state index < -0.39 is 17.3 Å². The topological polar surface area (TPSA) is 60.4 Å². The largest absolute Gasteiger partial charge is 0.323 e. The van der Waals surface area contributed by atoms with Gasteiger partial charge in [0, 0.05) is 0 Å². The second kappa shape index (κ2) is 3.90. The Hall–Kier alpha value is 0.140. The van der Waals surface area contributed by atoms with E-state index in [1.165, 1.54) is 13.3 Å². The van der Waals surface area contributed by atoms with Crippen LogP contribution in [0.25, 0.3) is 0 Å². The smallest absolute Gasteiger partial charge is 0.274 e. The molecule has 0 spiro atoms. The first kappa shape index (κ1) is 12.1. The van der Waals surface area contributed by atoms with E-state index in [0.29, 0.717) is 0 Å². The molecule has 0 saturated heterocycles. The van der Waals surface area contributed by atoms with Gasteiger partial charge in [-0.05, 0) is 27.2 Å². The second-order valence-electron chi connectivity index (χ2n) is 3.41. The third kappa shape index (κ3) is 6.83. The van der Waals surface area contributed by atoms with Crippen LogP contribution in [0.2, 0.25) is 0 Å². The van der Waals surface area contributed by atoms with Crippen molar-refractivity contribution in [3.63, 3.8) is 0 Å². The first-order chi connectivity index (χ1) is 5.12. The molecule has 0 N–H and O–H groups in total. The van der Waals surface area contributed by atoms with Crippen LogP contribution in [0, 0.1) is 0 Å². The Morgan fingerprint density at radius 2 is 1.75 bits per heavy atom. The quantitative estimate of drug-likeness (QED) is 0.523. The molecule has 4 nitrogen and oxygen atoms in total. The van der Waals surface area contributed by atoms with E-state index in [1.807, 2.05) is 0 Å². The average Bonchev–Trinajstić information content (AvgIpc) is 1.48. The molecule has 74 valence electrons. The molecule has 0 aliphatic heterocycles. The van der Waals surface area contributed by atoms with Crippen molar-refractivity contribution in [2.24, 2.45) is 0 Å². The van der Waals surface area contributed by atoms with Crippen molar-refractivity contribution < 1.29 is 17.2 Å². The number of hydrogen-bond donors (Lipinski definition) is 0. The van der Waals surface area contributed by atoms with Gasteiger partial charge in [0.2, 0.25) is 0 Å². The molecule has 0 bridgehead atoms. The Balaban J connectivity index is 4.36. The molecule has 0 radical (unpaired) electrons. The number of rotatable bonds is 4. The molecule has 0 aliphatic rings. The normalized spacial score (nSPS) is 13.8. The zero-order valence-corrected chi connectivity index (χ0v) is 9.48. The molecule has 0 atom stereocenters. The maximum atomic E-state index is 11.2. The summed E-state index contributed by atoms with van der Waals surface area (Å²) in [6, 6.07) is 0. The van der Waals surface area contributed by atoms with E-state index in [1.54, 1.807) is 13.8 Å². The molecular weight excluding hydrogens is 199 g/mol. The average molecular weight is 214 g/mol. The van der Waals surface area contributed by atoms with Gasteiger partial charge >= 0.3 is 0 Å². The SMILES string of the molecule is CC(C)OS(=O)(=O)CP(C)(C)=O. The van der Waals surface area contributed by atoms with Gasteiger partial charge in [0.15, 0.2) is 0 Å². The fourth-order valence-corrected chi connectivity index (χ4v) is 4.58. The Bertz CT molecular complexity index is 274. The Labute approximate surface area is 73.8 Å². The molecule has 0 aromatic rings. The maximum Gasteiger partial charge on any atom is 0.274 e. The Kier molecular flexibility index (Phi) is 3.94. The molecule has 0 unspecified atom stereocenters. The lowest BCUT2D eigenvalue weighted by molar-refractivity contribution is 0.251. The summed E-state index contributed by atoms with van der Waals surface area (Å²) in [5.74, 6) is 0. The van der Waals surface area contributed by atoms with Crippen molar-refractivity contribution in [2.75, 3.05) is 18.8 Å². The lowest BCUT2D eigenvalue weighted by Crippen LogP contribution is -2.15. The maximum absolute atomic E-state index is 11.2. The summed E-state index contributed by atoms with van der Waals surface area (Å²) in [5, 5.41) is 0. The monoisotopic (exact) mass is 214 g/mol. The predicted octanol–water partition coefficient (Wildman–Crippen LogP) is 1.32. The molecule has 0 fully saturated rings. The molecule has 0 amide bonds. The van der Waals surface area contributed by atoms with Crippen LogP contribution in [-0.2, 0) is 18.9 Å². The minimum atomic E-state index is -3.60. The molecular formula is C6H15O4PS. The highest BCUT2D eigenvalue weighted by Gasteiger charge is 2.21. The summed E-state index contributed by atoms with van der Waals surface area (Å²) in [6.07, 6.45) is -0.387. The van der Waals surface area contributed by atoms with Crippen molar-refractivity contribution >= 4 is 17.3 Å². The van der Waals surface area contributed by atoms with Gasteiger partial charge in [0.1, 0.15) is 5.49 Å². The van der Waals surface area contributed by atoms with Gasteiger partial charge in [0.25, 0.3) is 10.1 Å². The molecule has 12 heavy (non-hydrogen) atoms. The van der Waals surface area contributed by atoms with Crippen LogP contribution in [0.5, 0.6) is 0 Å². The fourth-order valence-electron chi connectivity index (χ4n) is 0.704. The van der Waals surface area contributed by atoms with Crippen LogP contribution < -0.4 is 0 Å². The summed E-state index contributed by atoms with van der Waals surface area (Å²) in [5.41, 5.74) is -0.377. The third-order valence-corrected chi connectivity index (χ3v) is 5.24. The third-order valence-electron chi connectivity index (χ3n) is 0.808. The van der Waals surface area contributed by atoms with Crippen LogP contribution in [0.15, 0.2) is 0 Å². The number of hydrogen-bond acceptors (Lipinski definition) is 4. The minimum Gasteiger partial charge on any atom is -0.323 e. The van der Waals surface area contributed by atoms with Crippen LogP contribution in [0.1, 0.15) is 13.8 Å². The molecule has 0 rings (SSSR count). The van der Waals surface area contributed by atoms with Crippen molar-refractivity contribution in [1.82, 2.24) is 0 Å². The molecule has 0 heterocycles. The van der Waals surface area contributed by atoms with Crippen LogP contribution in [0.4, 0.5) is 0 Å². The Morgan fingerprint density at radius 3 is 2.00 bits per heavy atom. The van der Waals surface area contributed by atoms with E-state index >= 15 is 0 Å². The van der Waals surface area contributed by atoms with E-state index in [4.69, 9.17) is 0 Å². The predicted molar refractivity (Wildman–Crippen MR) is 49.5 cm³/mol. The van der Waals surface area contributed by atoms with Gasteiger partial charge in [-0.25, -0.2) is 0 Å². The van der Waals surface area contributed by atoms with Gasteiger partial charge in [-0.1, -0.05) is 0 Å². The molecule has 0 aromatic heterocycles. The van der Waals surface area contributed by atoms with E-state index in [0.717, 1.165) is 0 Å². The highest BCUT2D eigenvalue weighted by Crippen LogP contribution is 2.37. The summed E-state index contributed by atoms with van der Waals surface area (Å²) < 4.78 is 37.9. The highest BCUT2D eigenvalue weighted by atomic mass is 32.2. The lowest BCUT2D eigenvalue weighted by atomic mass is 10.5. The molecule has 6 heteroatoms. The summed E-state index contributed by atoms with van der Waals surface area (Å²) in [7, 11) is -6.16. The lowest BCUT2D eigenvalue weighted by Gasteiger charge is -2.10. The first-order valence-electron chi connectivity index (χ1n) is 3.57. The summed E-state index contributed by atoms with van der Waals surface area (Å²) in [4.78, 5) is 0. The van der Waals surface area contributed by atoms with Gasteiger partial charge in [0.05, 0.1) is 13.2 Å². The van der Waals surface area contributed by atoms with Crippen molar-refractivity contribution in [3.05, 3.63) is 0 Å². The van der Waals surface area contributed by atoms with Gasteiger partial charge < -0.3 is 4.57 Å². The molecule has 0 aromatic carbocycles. The summed E-state index contributed by atoms with van der Waals surface area (Å²) in [6.45, 7) is 6.09. The van der Waals surface area contributed by atoms with Crippen molar-refractivity contribution in [1.29, 1.82) is 0 Å². The Morgan fingerprint density at radius 1 is 1.33 bits per heavy atom. The molecule has 0 aliphatic carbocycles. The van der Waals surface area contributed by atoms with Crippen molar-refractivity contribution in [2.45, 2.75) is 20.0 Å². The fraction of sp³-hybridized carbons (Fsp3) is 1.00. The first-order valence-corrected chi connectivity index (χ1v) is 7.94. The zero-order valence-electron chi connectivity index (χ0n) is 7.77. The van der Waals surface area contributed by atoms with E-state index in [2.05, 4.69) is 4.18 Å². The van der Waals surface area contributed by atoms with E-state index in [-0.39, 0.29) is 11.6 Å².